The number of rotatable bonds is 2. The molecule has 1 N–H and O–H groups in total. The zero-order valence-corrected chi connectivity index (χ0v) is 10.5. The van der Waals surface area contributed by atoms with Gasteiger partial charge >= 0.3 is 0 Å². The van der Waals surface area contributed by atoms with Gasteiger partial charge in [0.1, 0.15) is 6.67 Å². The molecule has 1 fully saturated rings. The lowest BCUT2D eigenvalue weighted by atomic mass is 9.90. The molecule has 2 aliphatic heterocycles. The summed E-state index contributed by atoms with van der Waals surface area (Å²) < 4.78 is 0. The van der Waals surface area contributed by atoms with Crippen LogP contribution in [0.2, 0.25) is 0 Å². The molecule has 2 aliphatic rings. The Balaban J connectivity index is 1.72. The smallest absolute Gasteiger partial charge is 0.114 e. The predicted octanol–water partition coefficient (Wildman–Crippen LogP) is 2.52. The lowest BCUT2D eigenvalue weighted by Crippen LogP contribution is -2.26. The fourth-order valence-corrected chi connectivity index (χ4v) is 2.65. The molecule has 0 aliphatic carbocycles. The molecule has 0 atom stereocenters. The highest BCUT2D eigenvalue weighted by Gasteiger charge is 2.15. The predicted molar refractivity (Wildman–Crippen MR) is 76.3 cm³/mol. The molecule has 0 saturated carbocycles. The summed E-state index contributed by atoms with van der Waals surface area (Å²) in [7, 11) is 0. The van der Waals surface area contributed by atoms with Crippen LogP contribution in [0, 0.1) is 0 Å². The number of hydrogen-bond acceptors (Lipinski definition) is 3. The highest BCUT2D eigenvalue weighted by Crippen LogP contribution is 2.27. The lowest BCUT2D eigenvalue weighted by molar-refractivity contribution is 0.460. The van der Waals surface area contributed by atoms with Crippen LogP contribution in [0.4, 0.5) is 5.69 Å². The van der Waals surface area contributed by atoms with E-state index in [0.29, 0.717) is 0 Å². The minimum atomic E-state index is 0.725. The van der Waals surface area contributed by atoms with Gasteiger partial charge in [-0.2, -0.15) is 0 Å². The second-order valence-corrected chi connectivity index (χ2v) is 4.90. The van der Waals surface area contributed by atoms with Crippen LogP contribution < -0.4 is 10.2 Å². The normalized spacial score (nSPS) is 20.3. The van der Waals surface area contributed by atoms with Crippen molar-refractivity contribution >= 4 is 11.9 Å². The summed E-state index contributed by atoms with van der Waals surface area (Å²) >= 11 is 0. The molecule has 1 aromatic rings. The van der Waals surface area contributed by atoms with Crippen LogP contribution in [-0.4, -0.2) is 26.0 Å². The maximum Gasteiger partial charge on any atom is 0.114 e. The largest absolute Gasteiger partial charge is 0.328 e. The molecule has 1 saturated heterocycles. The first-order valence-corrected chi connectivity index (χ1v) is 6.67. The zero-order chi connectivity index (χ0) is 12.2. The van der Waals surface area contributed by atoms with E-state index in [1.165, 1.54) is 24.1 Å². The number of nitrogens with zero attached hydrogens (tertiary/aromatic N) is 2. The summed E-state index contributed by atoms with van der Waals surface area (Å²) in [5.41, 5.74) is 2.70. The molecule has 0 spiro atoms. The van der Waals surface area contributed by atoms with Gasteiger partial charge in [-0.05, 0) is 55.6 Å². The van der Waals surface area contributed by atoms with Crippen molar-refractivity contribution in [3.8, 4) is 0 Å². The Morgan fingerprint density at radius 3 is 2.56 bits per heavy atom. The average molecular weight is 241 g/mol. The molecule has 3 nitrogen and oxygen atoms in total. The number of piperidine rings is 1. The topological polar surface area (TPSA) is 27.6 Å². The molecule has 18 heavy (non-hydrogen) atoms. The van der Waals surface area contributed by atoms with E-state index in [1.807, 2.05) is 12.3 Å². The summed E-state index contributed by atoms with van der Waals surface area (Å²) in [5.74, 6) is 0.732. The van der Waals surface area contributed by atoms with Crippen molar-refractivity contribution in [1.29, 1.82) is 0 Å². The first-order valence-electron chi connectivity index (χ1n) is 6.67. The fraction of sp³-hybridized carbons (Fsp3) is 0.400. The molecule has 94 valence electrons. The SMILES string of the molecule is C1=CN(c2ccc(C3CCNCC3)cc2)CN=C1. The van der Waals surface area contributed by atoms with E-state index in [-0.39, 0.29) is 0 Å². The van der Waals surface area contributed by atoms with Crippen molar-refractivity contribution in [2.45, 2.75) is 18.8 Å². The summed E-state index contributed by atoms with van der Waals surface area (Å²) in [5, 5.41) is 3.41. The molecule has 2 heterocycles. The first kappa shape index (κ1) is 11.5. The Hall–Kier alpha value is -1.61. The lowest BCUT2D eigenvalue weighted by Gasteiger charge is -2.24. The van der Waals surface area contributed by atoms with Gasteiger partial charge in [-0.1, -0.05) is 12.1 Å². The van der Waals surface area contributed by atoms with Crippen molar-refractivity contribution in [3.63, 3.8) is 0 Å². The van der Waals surface area contributed by atoms with E-state index in [1.54, 1.807) is 0 Å². The molecule has 0 bridgehead atoms. The second-order valence-electron chi connectivity index (χ2n) is 4.90. The number of nitrogens with one attached hydrogen (secondary N) is 1. The summed E-state index contributed by atoms with van der Waals surface area (Å²) in [6.45, 7) is 3.02. The van der Waals surface area contributed by atoms with Crippen LogP contribution >= 0.6 is 0 Å². The average Bonchev–Trinajstić information content (AvgIpc) is 2.49. The minimum absolute atomic E-state index is 0.725. The Morgan fingerprint density at radius 2 is 1.89 bits per heavy atom. The van der Waals surface area contributed by atoms with Crippen molar-refractivity contribution in [1.82, 2.24) is 5.32 Å². The highest BCUT2D eigenvalue weighted by molar-refractivity contribution is 5.74. The molecule has 1 aromatic carbocycles. The first-order chi connectivity index (χ1) is 8.93. The van der Waals surface area contributed by atoms with Crippen LogP contribution in [0.5, 0.6) is 0 Å². The molecule has 3 rings (SSSR count). The maximum absolute atomic E-state index is 4.25. The monoisotopic (exact) mass is 241 g/mol. The van der Waals surface area contributed by atoms with E-state index in [9.17, 15) is 0 Å². The van der Waals surface area contributed by atoms with Gasteiger partial charge in [0.15, 0.2) is 0 Å². The number of anilines is 1. The van der Waals surface area contributed by atoms with Gasteiger partial charge in [0.25, 0.3) is 0 Å². The van der Waals surface area contributed by atoms with Crippen LogP contribution in [-0.2, 0) is 0 Å². The fourth-order valence-electron chi connectivity index (χ4n) is 2.65. The van der Waals surface area contributed by atoms with Crippen molar-refractivity contribution in [3.05, 3.63) is 42.1 Å². The van der Waals surface area contributed by atoms with Gasteiger partial charge < -0.3 is 10.2 Å². The quantitative estimate of drug-likeness (QED) is 0.861. The molecule has 0 aromatic heterocycles. The van der Waals surface area contributed by atoms with Gasteiger partial charge in [0.2, 0.25) is 0 Å². The van der Waals surface area contributed by atoms with Crippen molar-refractivity contribution in [2.75, 3.05) is 24.7 Å². The molecule has 3 heteroatoms. The van der Waals surface area contributed by atoms with Crippen LogP contribution in [0.25, 0.3) is 0 Å². The number of benzene rings is 1. The highest BCUT2D eigenvalue weighted by atomic mass is 15.2. The Kier molecular flexibility index (Phi) is 3.42. The van der Waals surface area contributed by atoms with Crippen LogP contribution in [0.3, 0.4) is 0 Å². The van der Waals surface area contributed by atoms with Gasteiger partial charge in [-0.25, -0.2) is 0 Å². The van der Waals surface area contributed by atoms with Crippen LogP contribution in [0.15, 0.2) is 41.5 Å². The third-order valence-corrected chi connectivity index (χ3v) is 3.73. The Morgan fingerprint density at radius 1 is 1.11 bits per heavy atom. The number of allylic oxidation sites excluding steroid dienone is 1. The Bertz CT molecular complexity index is 441. The summed E-state index contributed by atoms with van der Waals surface area (Å²) in [4.78, 5) is 6.41. The van der Waals surface area contributed by atoms with Gasteiger partial charge in [0, 0.05) is 18.1 Å². The van der Waals surface area contributed by atoms with Gasteiger partial charge in [0.05, 0.1) is 0 Å². The maximum atomic E-state index is 4.25. The van der Waals surface area contributed by atoms with E-state index < -0.39 is 0 Å². The Labute approximate surface area is 108 Å². The van der Waals surface area contributed by atoms with E-state index in [2.05, 4.69) is 45.7 Å². The van der Waals surface area contributed by atoms with Gasteiger partial charge in [-0.15, -0.1) is 0 Å². The molecular weight excluding hydrogens is 222 g/mol. The summed E-state index contributed by atoms with van der Waals surface area (Å²) in [6, 6.07) is 8.97. The molecular formula is C15H19N3. The second kappa shape index (κ2) is 5.36. The van der Waals surface area contributed by atoms with Crippen molar-refractivity contribution < 1.29 is 0 Å². The van der Waals surface area contributed by atoms with Crippen molar-refractivity contribution in [2.24, 2.45) is 4.99 Å². The molecule has 0 radical (unpaired) electrons. The number of hydrogen-bond donors (Lipinski definition) is 1. The zero-order valence-electron chi connectivity index (χ0n) is 10.5. The van der Waals surface area contributed by atoms with E-state index in [4.69, 9.17) is 0 Å². The third kappa shape index (κ3) is 2.46. The third-order valence-electron chi connectivity index (χ3n) is 3.73. The van der Waals surface area contributed by atoms with Crippen LogP contribution in [0.1, 0.15) is 24.3 Å². The van der Waals surface area contributed by atoms with Gasteiger partial charge in [-0.3, -0.25) is 4.99 Å². The van der Waals surface area contributed by atoms with E-state index >= 15 is 0 Å². The van der Waals surface area contributed by atoms with E-state index in [0.717, 1.165) is 25.7 Å². The summed E-state index contributed by atoms with van der Waals surface area (Å²) in [6.07, 6.45) is 8.41. The number of aliphatic imine (C=N–C) groups is 1. The minimum Gasteiger partial charge on any atom is -0.328 e. The molecule has 0 amide bonds. The standard InChI is InChI=1S/C15H19N3/c1-8-17-12-18(11-1)15-4-2-13(3-5-15)14-6-9-16-10-7-14/h1-5,8,11,14,16H,6-7,9-10,12H2. The molecule has 0 unspecified atom stereocenters.